The van der Waals surface area contributed by atoms with Crippen molar-refractivity contribution < 1.29 is 26.7 Å². The number of fused-ring (bicyclic) bond motifs is 1. The number of hydrogen-bond donors (Lipinski definition) is 0. The zero-order valence-electron chi connectivity index (χ0n) is 18.2. The van der Waals surface area contributed by atoms with Crippen molar-refractivity contribution in [2.24, 2.45) is 0 Å². The molecular formula is C28H19F5O. The number of halogens is 5. The highest BCUT2D eigenvalue weighted by Gasteiger charge is 2.13. The smallest absolute Gasteiger partial charge is 0.195 e. The van der Waals surface area contributed by atoms with Gasteiger partial charge in [0.05, 0.1) is 12.2 Å². The Balaban J connectivity index is 1.49. The molecule has 6 heteroatoms. The summed E-state index contributed by atoms with van der Waals surface area (Å²) in [6.45, 7) is 2.27. The van der Waals surface area contributed by atoms with Gasteiger partial charge in [-0.05, 0) is 72.7 Å². The maximum atomic E-state index is 14.6. The summed E-state index contributed by atoms with van der Waals surface area (Å²) < 4.78 is 74.8. The Labute approximate surface area is 193 Å². The average Bonchev–Trinajstić information content (AvgIpc) is 2.81. The van der Waals surface area contributed by atoms with Crippen LogP contribution in [0.15, 0.2) is 60.7 Å². The highest BCUT2D eigenvalue weighted by atomic mass is 19.2. The van der Waals surface area contributed by atoms with Gasteiger partial charge in [0.2, 0.25) is 0 Å². The van der Waals surface area contributed by atoms with E-state index in [2.05, 4.69) is 11.8 Å². The maximum Gasteiger partial charge on any atom is 0.195 e. The Kier molecular flexibility index (Phi) is 6.83. The van der Waals surface area contributed by atoms with Gasteiger partial charge in [0.1, 0.15) is 17.4 Å². The third-order valence-corrected chi connectivity index (χ3v) is 5.37. The number of aryl methyl sites for hydroxylation is 2. The molecule has 0 heterocycles. The zero-order valence-corrected chi connectivity index (χ0v) is 18.2. The first-order chi connectivity index (χ1) is 16.4. The molecule has 0 unspecified atom stereocenters. The van der Waals surface area contributed by atoms with E-state index in [0.29, 0.717) is 41.9 Å². The van der Waals surface area contributed by atoms with E-state index in [1.807, 2.05) is 6.92 Å². The van der Waals surface area contributed by atoms with Crippen molar-refractivity contribution in [3.05, 3.63) is 112 Å². The maximum absolute atomic E-state index is 14.6. The first-order valence-electron chi connectivity index (χ1n) is 10.6. The second-order valence-electron chi connectivity index (χ2n) is 7.67. The van der Waals surface area contributed by atoms with Gasteiger partial charge in [-0.3, -0.25) is 0 Å². The van der Waals surface area contributed by atoms with Crippen LogP contribution in [0, 0.1) is 40.9 Å². The first kappa shape index (κ1) is 23.3. The summed E-state index contributed by atoms with van der Waals surface area (Å²) in [5.41, 5.74) is 1.74. The van der Waals surface area contributed by atoms with Gasteiger partial charge in [-0.15, -0.1) is 0 Å². The largest absolute Gasteiger partial charge is 0.494 e. The summed E-state index contributed by atoms with van der Waals surface area (Å²) in [5, 5.41) is 0.0875. The summed E-state index contributed by atoms with van der Waals surface area (Å²) in [6.07, 6.45) is 0.835. The highest BCUT2D eigenvalue weighted by molar-refractivity contribution is 5.84. The van der Waals surface area contributed by atoms with E-state index < -0.39 is 23.3 Å². The van der Waals surface area contributed by atoms with E-state index in [4.69, 9.17) is 4.74 Å². The van der Waals surface area contributed by atoms with Crippen LogP contribution in [-0.4, -0.2) is 6.61 Å². The second kappa shape index (κ2) is 9.96. The molecule has 0 fully saturated rings. The zero-order chi connectivity index (χ0) is 24.2. The SMILES string of the molecule is CCOc1ccc(CCc2ccc(C#Cc3ccc4c(F)c(F)c(F)cc4c3)c(F)c2)c(F)c1. The molecule has 0 aliphatic heterocycles. The fraction of sp³-hybridized carbons (Fsp3) is 0.143. The van der Waals surface area contributed by atoms with Gasteiger partial charge in [0, 0.05) is 17.0 Å². The van der Waals surface area contributed by atoms with Gasteiger partial charge in [-0.1, -0.05) is 30.0 Å². The van der Waals surface area contributed by atoms with Crippen molar-refractivity contribution in [2.45, 2.75) is 19.8 Å². The molecule has 0 bridgehead atoms. The van der Waals surface area contributed by atoms with Crippen LogP contribution in [0.1, 0.15) is 29.2 Å². The van der Waals surface area contributed by atoms with Gasteiger partial charge < -0.3 is 4.74 Å². The van der Waals surface area contributed by atoms with Crippen molar-refractivity contribution in [3.63, 3.8) is 0 Å². The molecule has 4 aromatic rings. The van der Waals surface area contributed by atoms with Crippen molar-refractivity contribution in [2.75, 3.05) is 6.61 Å². The third kappa shape index (κ3) is 5.04. The van der Waals surface area contributed by atoms with Crippen LogP contribution in [0.4, 0.5) is 22.0 Å². The predicted octanol–water partition coefficient (Wildman–Crippen LogP) is 7.12. The Morgan fingerprint density at radius 3 is 2.26 bits per heavy atom. The molecule has 172 valence electrons. The Bertz CT molecular complexity index is 1430. The predicted molar refractivity (Wildman–Crippen MR) is 121 cm³/mol. The summed E-state index contributed by atoms with van der Waals surface area (Å²) >= 11 is 0. The van der Waals surface area contributed by atoms with Gasteiger partial charge in [0.25, 0.3) is 0 Å². The quantitative estimate of drug-likeness (QED) is 0.173. The molecular weight excluding hydrogens is 447 g/mol. The summed E-state index contributed by atoms with van der Waals surface area (Å²) in [6, 6.07) is 14.3. The van der Waals surface area contributed by atoms with Gasteiger partial charge >= 0.3 is 0 Å². The summed E-state index contributed by atoms with van der Waals surface area (Å²) in [4.78, 5) is 0. The van der Waals surface area contributed by atoms with Crippen LogP contribution in [0.3, 0.4) is 0 Å². The number of ether oxygens (including phenoxy) is 1. The first-order valence-corrected chi connectivity index (χ1v) is 10.6. The molecule has 34 heavy (non-hydrogen) atoms. The molecule has 0 aliphatic rings. The molecule has 0 spiro atoms. The van der Waals surface area contributed by atoms with E-state index >= 15 is 0 Å². The Morgan fingerprint density at radius 2 is 1.53 bits per heavy atom. The van der Waals surface area contributed by atoms with Crippen LogP contribution in [0.25, 0.3) is 10.8 Å². The fourth-order valence-corrected chi connectivity index (χ4v) is 3.60. The molecule has 0 radical (unpaired) electrons. The molecule has 0 atom stereocenters. The fourth-order valence-electron chi connectivity index (χ4n) is 3.60. The summed E-state index contributed by atoms with van der Waals surface area (Å²) in [7, 11) is 0. The average molecular weight is 466 g/mol. The third-order valence-electron chi connectivity index (χ3n) is 5.37. The normalized spacial score (nSPS) is 10.8. The summed E-state index contributed by atoms with van der Waals surface area (Å²) in [5.74, 6) is 0.944. The van der Waals surface area contributed by atoms with E-state index in [9.17, 15) is 22.0 Å². The van der Waals surface area contributed by atoms with Crippen LogP contribution in [0.2, 0.25) is 0 Å². The Hall–Kier alpha value is -3.85. The minimum atomic E-state index is -1.53. The van der Waals surface area contributed by atoms with Gasteiger partial charge in [-0.25, -0.2) is 22.0 Å². The minimum Gasteiger partial charge on any atom is -0.494 e. The monoisotopic (exact) mass is 466 g/mol. The minimum absolute atomic E-state index is 0.0658. The standard InChI is InChI=1S/C28H19F5O/c1-2-34-22-11-10-20(25(30)16-22)9-5-18-4-8-19(24(29)14-18)7-3-17-6-12-23-21(13-17)15-26(31)28(33)27(23)32/h4,6,8,10-16H,2,5,9H2,1H3. The molecule has 4 aromatic carbocycles. The second-order valence-corrected chi connectivity index (χ2v) is 7.67. The molecule has 0 aliphatic carbocycles. The number of hydrogen-bond acceptors (Lipinski definition) is 1. The molecule has 0 saturated carbocycles. The molecule has 0 N–H and O–H groups in total. The Morgan fingerprint density at radius 1 is 0.706 bits per heavy atom. The van der Waals surface area contributed by atoms with E-state index in [0.717, 1.165) is 6.07 Å². The van der Waals surface area contributed by atoms with Crippen LogP contribution >= 0.6 is 0 Å². The van der Waals surface area contributed by atoms with E-state index in [1.165, 1.54) is 36.4 Å². The van der Waals surface area contributed by atoms with Crippen molar-refractivity contribution in [1.29, 1.82) is 0 Å². The lowest BCUT2D eigenvalue weighted by Gasteiger charge is -2.07. The molecule has 0 aromatic heterocycles. The van der Waals surface area contributed by atoms with Crippen molar-refractivity contribution in [1.82, 2.24) is 0 Å². The van der Waals surface area contributed by atoms with Crippen molar-refractivity contribution in [3.8, 4) is 17.6 Å². The number of benzene rings is 4. The molecule has 0 saturated heterocycles. The highest BCUT2D eigenvalue weighted by Crippen LogP contribution is 2.24. The molecule has 0 amide bonds. The lowest BCUT2D eigenvalue weighted by atomic mass is 10.0. The number of rotatable bonds is 5. The van der Waals surface area contributed by atoms with Gasteiger partial charge in [0.15, 0.2) is 17.5 Å². The van der Waals surface area contributed by atoms with Crippen LogP contribution in [-0.2, 0) is 12.8 Å². The van der Waals surface area contributed by atoms with Gasteiger partial charge in [-0.2, -0.15) is 0 Å². The molecule has 1 nitrogen and oxygen atoms in total. The molecule has 4 rings (SSSR count). The van der Waals surface area contributed by atoms with E-state index in [-0.39, 0.29) is 22.2 Å². The van der Waals surface area contributed by atoms with E-state index in [1.54, 1.807) is 18.2 Å². The lowest BCUT2D eigenvalue weighted by molar-refractivity contribution is 0.338. The lowest BCUT2D eigenvalue weighted by Crippen LogP contribution is -1.98. The van der Waals surface area contributed by atoms with Crippen molar-refractivity contribution >= 4 is 10.8 Å². The van der Waals surface area contributed by atoms with Crippen LogP contribution < -0.4 is 4.74 Å². The van der Waals surface area contributed by atoms with Crippen LogP contribution in [0.5, 0.6) is 5.75 Å². The topological polar surface area (TPSA) is 9.23 Å².